The van der Waals surface area contributed by atoms with Gasteiger partial charge in [-0.1, -0.05) is 13.3 Å². The van der Waals surface area contributed by atoms with E-state index in [4.69, 9.17) is 15.2 Å². The number of rotatable bonds is 8. The van der Waals surface area contributed by atoms with Gasteiger partial charge in [-0.2, -0.15) is 0 Å². The zero-order chi connectivity index (χ0) is 16.7. The molecule has 1 heterocycles. The third kappa shape index (κ3) is 4.77. The molecule has 1 unspecified atom stereocenters. The smallest absolute Gasteiger partial charge is 0.164 e. The van der Waals surface area contributed by atoms with E-state index in [1.807, 2.05) is 19.1 Å². The van der Waals surface area contributed by atoms with Gasteiger partial charge in [-0.3, -0.25) is 0 Å². The van der Waals surface area contributed by atoms with Gasteiger partial charge in [-0.05, 0) is 58.2 Å². The van der Waals surface area contributed by atoms with Crippen LogP contribution in [-0.2, 0) is 6.42 Å². The molecule has 4 heteroatoms. The quantitative estimate of drug-likeness (QED) is 0.739. The van der Waals surface area contributed by atoms with E-state index in [0.717, 1.165) is 48.2 Å². The van der Waals surface area contributed by atoms with Gasteiger partial charge in [0.25, 0.3) is 0 Å². The summed E-state index contributed by atoms with van der Waals surface area (Å²) in [5, 5.41) is 0. The van der Waals surface area contributed by atoms with Gasteiger partial charge in [-0.25, -0.2) is 0 Å². The number of aryl methyl sites for hydroxylation is 1. The molecule has 1 aromatic carbocycles. The van der Waals surface area contributed by atoms with Crippen molar-refractivity contribution in [3.63, 3.8) is 0 Å². The van der Waals surface area contributed by atoms with Crippen LogP contribution in [0.5, 0.6) is 11.5 Å². The van der Waals surface area contributed by atoms with Crippen molar-refractivity contribution in [3.05, 3.63) is 17.7 Å². The first-order valence-electron chi connectivity index (χ1n) is 9.02. The summed E-state index contributed by atoms with van der Waals surface area (Å²) in [6, 6.07) is 4.64. The Balaban J connectivity index is 2.00. The average Bonchev–Trinajstić information content (AvgIpc) is 2.57. The Kier molecular flexibility index (Phi) is 7.03. The van der Waals surface area contributed by atoms with E-state index < -0.39 is 0 Å². The monoisotopic (exact) mass is 320 g/mol. The second kappa shape index (κ2) is 9.02. The molecule has 2 N–H and O–H groups in total. The van der Waals surface area contributed by atoms with Crippen LogP contribution >= 0.6 is 0 Å². The van der Waals surface area contributed by atoms with Gasteiger partial charge in [0.2, 0.25) is 0 Å². The van der Waals surface area contributed by atoms with Crippen LogP contribution in [0.4, 0.5) is 5.69 Å². The molecular formula is C19H32N2O2. The van der Waals surface area contributed by atoms with E-state index in [9.17, 15) is 0 Å². The van der Waals surface area contributed by atoms with Gasteiger partial charge in [0.1, 0.15) is 0 Å². The summed E-state index contributed by atoms with van der Waals surface area (Å²) in [4.78, 5) is 2.66. The minimum absolute atomic E-state index is 0.636. The molecule has 23 heavy (non-hydrogen) atoms. The molecule has 0 bridgehead atoms. The minimum Gasteiger partial charge on any atom is -0.493 e. The van der Waals surface area contributed by atoms with Crippen LogP contribution in [0.15, 0.2) is 12.1 Å². The fraction of sp³-hybridized carbons (Fsp3) is 0.684. The van der Waals surface area contributed by atoms with E-state index in [-0.39, 0.29) is 0 Å². The summed E-state index contributed by atoms with van der Waals surface area (Å²) in [5.41, 5.74) is 7.91. The summed E-state index contributed by atoms with van der Waals surface area (Å²) < 4.78 is 11.2. The van der Waals surface area contributed by atoms with E-state index in [0.29, 0.717) is 6.61 Å². The first-order valence-corrected chi connectivity index (χ1v) is 9.02. The Bertz CT molecular complexity index is 491. The van der Waals surface area contributed by atoms with Crippen LogP contribution in [0, 0.1) is 0 Å². The molecule has 1 atom stereocenters. The highest BCUT2D eigenvalue weighted by Crippen LogP contribution is 2.35. The molecule has 1 saturated heterocycles. The lowest BCUT2D eigenvalue weighted by atomic mass is 9.99. The van der Waals surface area contributed by atoms with E-state index in [1.165, 1.54) is 32.2 Å². The molecule has 2 rings (SSSR count). The standard InChI is InChI=1S/C19H32N2O2/c1-4-17-10-6-7-11-21(17)12-8-9-15-13-16(20)14-18(22-3)19(15)23-5-2/h13-14,17H,4-12,20H2,1-3H3. The number of anilines is 1. The van der Waals surface area contributed by atoms with Crippen molar-refractivity contribution in [2.45, 2.75) is 58.4 Å². The first kappa shape index (κ1) is 17.9. The third-order valence-corrected chi connectivity index (χ3v) is 4.77. The number of hydrogen-bond acceptors (Lipinski definition) is 4. The molecule has 0 spiro atoms. The lowest BCUT2D eigenvalue weighted by Crippen LogP contribution is -2.39. The molecule has 130 valence electrons. The van der Waals surface area contributed by atoms with Crippen LogP contribution in [0.25, 0.3) is 0 Å². The maximum Gasteiger partial charge on any atom is 0.164 e. The topological polar surface area (TPSA) is 47.7 Å². The summed E-state index contributed by atoms with van der Waals surface area (Å²) in [5.74, 6) is 1.60. The highest BCUT2D eigenvalue weighted by molar-refractivity contribution is 5.57. The van der Waals surface area contributed by atoms with Crippen LogP contribution in [-0.4, -0.2) is 37.7 Å². The number of hydrogen-bond donors (Lipinski definition) is 1. The molecule has 0 saturated carbocycles. The number of methoxy groups -OCH3 is 1. The Labute approximate surface area is 140 Å². The summed E-state index contributed by atoms with van der Waals surface area (Å²) in [6.45, 7) is 7.34. The van der Waals surface area contributed by atoms with Crippen LogP contribution in [0.1, 0.15) is 51.5 Å². The molecule has 0 aromatic heterocycles. The molecule has 0 amide bonds. The van der Waals surface area contributed by atoms with Crippen molar-refractivity contribution in [2.24, 2.45) is 0 Å². The molecule has 0 aliphatic carbocycles. The zero-order valence-electron chi connectivity index (χ0n) is 14.9. The molecule has 1 aromatic rings. The highest BCUT2D eigenvalue weighted by Gasteiger charge is 2.20. The van der Waals surface area contributed by atoms with E-state index in [1.54, 1.807) is 7.11 Å². The zero-order valence-corrected chi connectivity index (χ0v) is 14.9. The van der Waals surface area contributed by atoms with Gasteiger partial charge in [-0.15, -0.1) is 0 Å². The van der Waals surface area contributed by atoms with Crippen LogP contribution < -0.4 is 15.2 Å². The molecule has 1 aliphatic heterocycles. The number of likely N-dealkylation sites (tertiary alicyclic amines) is 1. The van der Waals surface area contributed by atoms with Gasteiger partial charge >= 0.3 is 0 Å². The molecule has 4 nitrogen and oxygen atoms in total. The summed E-state index contributed by atoms with van der Waals surface area (Å²) >= 11 is 0. The van der Waals surface area contributed by atoms with Gasteiger partial charge in [0.15, 0.2) is 11.5 Å². The number of nitrogens with zero attached hydrogens (tertiary/aromatic N) is 1. The third-order valence-electron chi connectivity index (χ3n) is 4.77. The van der Waals surface area contributed by atoms with E-state index >= 15 is 0 Å². The van der Waals surface area contributed by atoms with Gasteiger partial charge in [0, 0.05) is 23.4 Å². The summed E-state index contributed by atoms with van der Waals surface area (Å²) in [6.07, 6.45) is 7.44. The molecule has 0 radical (unpaired) electrons. The Hall–Kier alpha value is -1.42. The van der Waals surface area contributed by atoms with Crippen molar-refractivity contribution >= 4 is 5.69 Å². The summed E-state index contributed by atoms with van der Waals surface area (Å²) in [7, 11) is 1.67. The minimum atomic E-state index is 0.636. The molecule has 1 fully saturated rings. The molecular weight excluding hydrogens is 288 g/mol. The van der Waals surface area contributed by atoms with Crippen molar-refractivity contribution in [2.75, 3.05) is 32.5 Å². The van der Waals surface area contributed by atoms with E-state index in [2.05, 4.69) is 11.8 Å². The number of benzene rings is 1. The fourth-order valence-corrected chi connectivity index (χ4v) is 3.62. The lowest BCUT2D eigenvalue weighted by Gasteiger charge is -2.35. The Morgan fingerprint density at radius 2 is 2.09 bits per heavy atom. The predicted molar refractivity (Wildman–Crippen MR) is 96.4 cm³/mol. The Morgan fingerprint density at radius 1 is 1.26 bits per heavy atom. The van der Waals surface area contributed by atoms with Crippen molar-refractivity contribution < 1.29 is 9.47 Å². The largest absolute Gasteiger partial charge is 0.493 e. The van der Waals surface area contributed by atoms with Crippen molar-refractivity contribution in [1.82, 2.24) is 4.90 Å². The normalized spacial score (nSPS) is 18.8. The van der Waals surface area contributed by atoms with Crippen molar-refractivity contribution in [1.29, 1.82) is 0 Å². The fourth-order valence-electron chi connectivity index (χ4n) is 3.62. The van der Waals surface area contributed by atoms with Gasteiger partial charge < -0.3 is 20.1 Å². The number of nitrogen functional groups attached to an aromatic ring is 1. The number of nitrogens with two attached hydrogens (primary N) is 1. The predicted octanol–water partition coefficient (Wildman–Crippen LogP) is 3.87. The van der Waals surface area contributed by atoms with Gasteiger partial charge in [0.05, 0.1) is 13.7 Å². The number of ether oxygens (including phenoxy) is 2. The molecule has 1 aliphatic rings. The second-order valence-corrected chi connectivity index (χ2v) is 6.34. The van der Waals surface area contributed by atoms with Crippen LogP contribution in [0.2, 0.25) is 0 Å². The van der Waals surface area contributed by atoms with Crippen molar-refractivity contribution in [3.8, 4) is 11.5 Å². The first-order chi connectivity index (χ1) is 11.2. The SMILES string of the molecule is CCOc1c(CCCN2CCCCC2CC)cc(N)cc1OC. The average molecular weight is 320 g/mol. The second-order valence-electron chi connectivity index (χ2n) is 6.34. The van der Waals surface area contributed by atoms with Crippen LogP contribution in [0.3, 0.4) is 0 Å². The highest BCUT2D eigenvalue weighted by atomic mass is 16.5. The maximum absolute atomic E-state index is 6.01. The Morgan fingerprint density at radius 3 is 2.78 bits per heavy atom. The lowest BCUT2D eigenvalue weighted by molar-refractivity contribution is 0.142. The maximum atomic E-state index is 6.01. The number of piperidine rings is 1.